The van der Waals surface area contributed by atoms with Crippen molar-refractivity contribution in [3.63, 3.8) is 0 Å². The Balaban J connectivity index is 2.08. The van der Waals surface area contributed by atoms with Gasteiger partial charge in [0.2, 0.25) is 0 Å². The van der Waals surface area contributed by atoms with Crippen LogP contribution < -0.4 is 16.0 Å². The van der Waals surface area contributed by atoms with Gasteiger partial charge in [0, 0.05) is 26.2 Å². The first-order chi connectivity index (χ1) is 9.24. The summed E-state index contributed by atoms with van der Waals surface area (Å²) < 4.78 is 0. The van der Waals surface area contributed by atoms with Crippen LogP contribution in [-0.2, 0) is 0 Å². The number of aliphatic hydroxyl groups excluding tert-OH is 1. The Bertz CT molecular complexity index is 382. The molecule has 0 bridgehead atoms. The molecule has 0 aromatic heterocycles. The molecule has 104 valence electrons. The van der Waals surface area contributed by atoms with Crippen molar-refractivity contribution in [2.45, 2.75) is 6.10 Å². The van der Waals surface area contributed by atoms with Crippen LogP contribution in [0.2, 0.25) is 0 Å². The summed E-state index contributed by atoms with van der Waals surface area (Å²) in [4.78, 5) is 11.2. The Morgan fingerprint density at radius 3 is 2.68 bits per heavy atom. The molecule has 0 aliphatic carbocycles. The molecule has 0 radical (unpaired) electrons. The minimum Gasteiger partial charge on any atom is -0.387 e. The van der Waals surface area contributed by atoms with E-state index in [1.807, 2.05) is 30.3 Å². The van der Waals surface area contributed by atoms with E-state index in [9.17, 15) is 9.90 Å². The van der Waals surface area contributed by atoms with Gasteiger partial charge in [-0.1, -0.05) is 36.4 Å². The maximum absolute atomic E-state index is 11.2. The fraction of sp³-hybridized carbons (Fsp3) is 0.357. The number of carbonyl (C=O) groups excluding carboxylic acids is 1. The Morgan fingerprint density at radius 2 is 2.00 bits per heavy atom. The second-order valence-electron chi connectivity index (χ2n) is 4.06. The summed E-state index contributed by atoms with van der Waals surface area (Å²) >= 11 is 0. The summed E-state index contributed by atoms with van der Waals surface area (Å²) in [6.45, 7) is 5.52. The minimum absolute atomic E-state index is 0.217. The van der Waals surface area contributed by atoms with Crippen LogP contribution in [-0.4, -0.2) is 37.3 Å². The fourth-order valence-corrected chi connectivity index (χ4v) is 1.52. The summed E-state index contributed by atoms with van der Waals surface area (Å²) in [5.41, 5.74) is 0.881. The summed E-state index contributed by atoms with van der Waals surface area (Å²) in [7, 11) is 0. The molecule has 0 saturated heterocycles. The SMILES string of the molecule is C=CCNC(=O)NCCNC[C@@H](O)c1ccccc1. The van der Waals surface area contributed by atoms with E-state index in [1.165, 1.54) is 0 Å². The lowest BCUT2D eigenvalue weighted by molar-refractivity contribution is 0.175. The van der Waals surface area contributed by atoms with E-state index < -0.39 is 6.10 Å². The molecular weight excluding hydrogens is 242 g/mol. The second-order valence-corrected chi connectivity index (χ2v) is 4.06. The lowest BCUT2D eigenvalue weighted by atomic mass is 10.1. The number of aliphatic hydroxyl groups is 1. The third-order valence-corrected chi connectivity index (χ3v) is 2.52. The number of hydrogen-bond acceptors (Lipinski definition) is 3. The zero-order valence-electron chi connectivity index (χ0n) is 10.9. The van der Waals surface area contributed by atoms with Crippen LogP contribution in [0.1, 0.15) is 11.7 Å². The molecule has 0 aliphatic heterocycles. The normalized spacial score (nSPS) is 11.6. The number of amides is 2. The maximum Gasteiger partial charge on any atom is 0.315 e. The topological polar surface area (TPSA) is 73.4 Å². The summed E-state index contributed by atoms with van der Waals surface area (Å²) in [5, 5.41) is 18.3. The summed E-state index contributed by atoms with van der Waals surface area (Å²) in [6, 6.07) is 9.25. The van der Waals surface area contributed by atoms with Gasteiger partial charge in [0.05, 0.1) is 6.10 Å². The summed E-state index contributed by atoms with van der Waals surface area (Å²) in [5.74, 6) is 0. The summed E-state index contributed by atoms with van der Waals surface area (Å²) in [6.07, 6.45) is 1.09. The molecule has 1 aromatic carbocycles. The van der Waals surface area contributed by atoms with Crippen LogP contribution >= 0.6 is 0 Å². The van der Waals surface area contributed by atoms with Gasteiger partial charge >= 0.3 is 6.03 Å². The monoisotopic (exact) mass is 263 g/mol. The zero-order valence-corrected chi connectivity index (χ0v) is 10.9. The Morgan fingerprint density at radius 1 is 1.26 bits per heavy atom. The van der Waals surface area contributed by atoms with Crippen molar-refractivity contribution in [3.8, 4) is 0 Å². The average molecular weight is 263 g/mol. The maximum atomic E-state index is 11.2. The van der Waals surface area contributed by atoms with Gasteiger partial charge in [-0.2, -0.15) is 0 Å². The number of nitrogens with one attached hydrogen (secondary N) is 3. The molecule has 0 heterocycles. The average Bonchev–Trinajstić information content (AvgIpc) is 2.45. The van der Waals surface area contributed by atoms with Gasteiger partial charge in [-0.15, -0.1) is 6.58 Å². The van der Waals surface area contributed by atoms with Crippen LogP contribution in [0.3, 0.4) is 0 Å². The second kappa shape index (κ2) is 9.13. The van der Waals surface area contributed by atoms with Crippen LogP contribution in [0, 0.1) is 0 Å². The van der Waals surface area contributed by atoms with Crippen molar-refractivity contribution < 1.29 is 9.90 Å². The van der Waals surface area contributed by atoms with E-state index in [4.69, 9.17) is 0 Å². The van der Waals surface area contributed by atoms with Gasteiger partial charge in [0.15, 0.2) is 0 Å². The number of benzene rings is 1. The molecule has 0 saturated carbocycles. The van der Waals surface area contributed by atoms with Crippen molar-refractivity contribution in [2.24, 2.45) is 0 Å². The van der Waals surface area contributed by atoms with Gasteiger partial charge < -0.3 is 21.1 Å². The Hall–Kier alpha value is -1.85. The molecule has 19 heavy (non-hydrogen) atoms. The molecule has 0 fully saturated rings. The first-order valence-electron chi connectivity index (χ1n) is 6.30. The third kappa shape index (κ3) is 6.59. The van der Waals surface area contributed by atoms with Crippen molar-refractivity contribution in [1.29, 1.82) is 0 Å². The van der Waals surface area contributed by atoms with Gasteiger partial charge in [-0.05, 0) is 5.56 Å². The van der Waals surface area contributed by atoms with Crippen molar-refractivity contribution in [2.75, 3.05) is 26.2 Å². The molecular formula is C14H21N3O2. The van der Waals surface area contributed by atoms with Crippen LogP contribution in [0.25, 0.3) is 0 Å². The number of carbonyl (C=O) groups is 1. The van der Waals surface area contributed by atoms with Crippen LogP contribution in [0.5, 0.6) is 0 Å². The van der Waals surface area contributed by atoms with Gasteiger partial charge in [0.25, 0.3) is 0 Å². The van der Waals surface area contributed by atoms with E-state index in [-0.39, 0.29) is 6.03 Å². The van der Waals surface area contributed by atoms with Crippen molar-refractivity contribution in [1.82, 2.24) is 16.0 Å². The minimum atomic E-state index is -0.532. The van der Waals surface area contributed by atoms with Crippen molar-refractivity contribution in [3.05, 3.63) is 48.6 Å². The Kier molecular flexibility index (Phi) is 7.31. The largest absolute Gasteiger partial charge is 0.387 e. The molecule has 1 atom stereocenters. The van der Waals surface area contributed by atoms with E-state index in [0.29, 0.717) is 26.2 Å². The van der Waals surface area contributed by atoms with E-state index in [0.717, 1.165) is 5.56 Å². The van der Waals surface area contributed by atoms with E-state index in [1.54, 1.807) is 6.08 Å². The molecule has 0 spiro atoms. The van der Waals surface area contributed by atoms with Crippen molar-refractivity contribution >= 4 is 6.03 Å². The quantitative estimate of drug-likeness (QED) is 0.414. The van der Waals surface area contributed by atoms with E-state index in [2.05, 4.69) is 22.5 Å². The first kappa shape index (κ1) is 15.2. The third-order valence-electron chi connectivity index (χ3n) is 2.52. The zero-order chi connectivity index (χ0) is 13.9. The predicted molar refractivity (Wildman–Crippen MR) is 75.9 cm³/mol. The van der Waals surface area contributed by atoms with Gasteiger partial charge in [-0.3, -0.25) is 0 Å². The first-order valence-corrected chi connectivity index (χ1v) is 6.30. The lowest BCUT2D eigenvalue weighted by Crippen LogP contribution is -2.39. The van der Waals surface area contributed by atoms with E-state index >= 15 is 0 Å². The highest BCUT2D eigenvalue weighted by atomic mass is 16.3. The Labute approximate surface area is 113 Å². The number of urea groups is 1. The molecule has 1 rings (SSSR count). The van der Waals surface area contributed by atoms with Crippen LogP contribution in [0.15, 0.2) is 43.0 Å². The molecule has 1 aromatic rings. The molecule has 4 N–H and O–H groups in total. The highest BCUT2D eigenvalue weighted by Crippen LogP contribution is 2.09. The molecule has 2 amide bonds. The highest BCUT2D eigenvalue weighted by molar-refractivity contribution is 5.73. The van der Waals surface area contributed by atoms with Gasteiger partial charge in [-0.25, -0.2) is 4.79 Å². The molecule has 0 aliphatic rings. The lowest BCUT2D eigenvalue weighted by Gasteiger charge is -2.12. The number of rotatable bonds is 8. The molecule has 5 heteroatoms. The van der Waals surface area contributed by atoms with Crippen LogP contribution in [0.4, 0.5) is 4.79 Å². The highest BCUT2D eigenvalue weighted by Gasteiger charge is 2.05. The molecule has 5 nitrogen and oxygen atoms in total. The number of hydrogen-bond donors (Lipinski definition) is 4. The molecule has 0 unspecified atom stereocenters. The smallest absolute Gasteiger partial charge is 0.315 e. The standard InChI is InChI=1S/C14H21N3O2/c1-2-8-16-14(19)17-10-9-15-11-13(18)12-6-4-3-5-7-12/h2-7,13,15,18H,1,8-11H2,(H2,16,17,19)/t13-/m1/s1. The van der Waals surface area contributed by atoms with Gasteiger partial charge in [0.1, 0.15) is 0 Å². The predicted octanol–water partition coefficient (Wildman–Crippen LogP) is 0.795. The fourth-order valence-electron chi connectivity index (χ4n) is 1.52.